The molecule has 0 aliphatic rings. The van der Waals surface area contributed by atoms with Gasteiger partial charge in [-0.05, 0) is 76.9 Å². The van der Waals surface area contributed by atoms with E-state index >= 15 is 0 Å². The maximum Gasteiger partial charge on any atom is 0.343 e. The number of esters is 1. The number of halogens is 2. The number of hydrazone groups is 1. The molecule has 12 heteroatoms. The van der Waals surface area contributed by atoms with Crippen molar-refractivity contribution in [1.29, 1.82) is 0 Å². The van der Waals surface area contributed by atoms with Crippen LogP contribution in [-0.2, 0) is 4.79 Å². The highest BCUT2D eigenvalue weighted by Gasteiger charge is 2.14. The average molecular weight is 621 g/mol. The Morgan fingerprint density at radius 2 is 1.72 bits per heavy atom. The Labute approximate surface area is 222 Å². The molecule has 36 heavy (non-hydrogen) atoms. The Morgan fingerprint density at radius 3 is 2.39 bits per heavy atom. The number of ether oxygens (including phenoxy) is 3. The zero-order valence-corrected chi connectivity index (χ0v) is 21.9. The van der Waals surface area contributed by atoms with Gasteiger partial charge in [-0.3, -0.25) is 14.9 Å². The number of nitro groups is 1. The molecular formula is C24H19Br2N3O7. The van der Waals surface area contributed by atoms with Crippen LogP contribution in [0.2, 0.25) is 0 Å². The van der Waals surface area contributed by atoms with E-state index in [2.05, 4.69) is 42.4 Å². The van der Waals surface area contributed by atoms with Gasteiger partial charge in [-0.2, -0.15) is 5.10 Å². The van der Waals surface area contributed by atoms with Crippen LogP contribution in [0.25, 0.3) is 0 Å². The molecule has 186 valence electrons. The van der Waals surface area contributed by atoms with E-state index in [4.69, 9.17) is 14.2 Å². The Balaban J connectivity index is 1.58. The third-order valence-corrected chi connectivity index (χ3v) is 5.59. The number of carbonyl (C=O) groups excluding carboxylic acids is 2. The van der Waals surface area contributed by atoms with Gasteiger partial charge in [0.1, 0.15) is 5.75 Å². The zero-order valence-electron chi connectivity index (χ0n) is 18.8. The fourth-order valence-electron chi connectivity index (χ4n) is 2.78. The fraction of sp³-hybridized carbons (Fsp3) is 0.125. The van der Waals surface area contributed by atoms with Crippen molar-refractivity contribution >= 4 is 55.6 Å². The second-order valence-corrected chi connectivity index (χ2v) is 8.76. The first-order chi connectivity index (χ1) is 17.3. The Bertz CT molecular complexity index is 1300. The first-order valence-corrected chi connectivity index (χ1v) is 12.0. The van der Waals surface area contributed by atoms with Crippen molar-refractivity contribution in [2.75, 3.05) is 13.2 Å². The molecular weight excluding hydrogens is 602 g/mol. The van der Waals surface area contributed by atoms with Crippen molar-refractivity contribution in [2.24, 2.45) is 5.10 Å². The minimum Gasteiger partial charge on any atom is -0.490 e. The van der Waals surface area contributed by atoms with Gasteiger partial charge in [0, 0.05) is 16.6 Å². The van der Waals surface area contributed by atoms with Gasteiger partial charge < -0.3 is 14.2 Å². The van der Waals surface area contributed by atoms with Crippen LogP contribution in [0.4, 0.5) is 5.69 Å². The van der Waals surface area contributed by atoms with E-state index < -0.39 is 16.8 Å². The van der Waals surface area contributed by atoms with Crippen LogP contribution in [0.5, 0.6) is 17.2 Å². The first-order valence-electron chi connectivity index (χ1n) is 10.4. The summed E-state index contributed by atoms with van der Waals surface area (Å²) in [5.74, 6) is -0.217. The van der Waals surface area contributed by atoms with E-state index in [0.29, 0.717) is 28.0 Å². The highest BCUT2D eigenvalue weighted by molar-refractivity contribution is 9.10. The summed E-state index contributed by atoms with van der Waals surface area (Å²) >= 11 is 6.49. The van der Waals surface area contributed by atoms with E-state index in [-0.39, 0.29) is 23.8 Å². The lowest BCUT2D eigenvalue weighted by molar-refractivity contribution is -0.385. The Hall–Kier alpha value is -3.77. The highest BCUT2D eigenvalue weighted by Crippen LogP contribution is 2.30. The highest BCUT2D eigenvalue weighted by atomic mass is 79.9. The second kappa shape index (κ2) is 12.8. The first kappa shape index (κ1) is 26.8. The lowest BCUT2D eigenvalue weighted by Crippen LogP contribution is -2.24. The molecule has 0 heterocycles. The molecule has 0 aliphatic carbocycles. The lowest BCUT2D eigenvalue weighted by Gasteiger charge is -2.11. The number of hydrogen-bond acceptors (Lipinski definition) is 8. The number of non-ortho nitro benzene ring substituents is 1. The van der Waals surface area contributed by atoms with Crippen LogP contribution in [-0.4, -0.2) is 36.2 Å². The Morgan fingerprint density at radius 1 is 1.00 bits per heavy atom. The molecule has 0 saturated heterocycles. The third-order valence-electron chi connectivity index (χ3n) is 4.44. The molecule has 0 unspecified atom stereocenters. The number of benzene rings is 3. The summed E-state index contributed by atoms with van der Waals surface area (Å²) in [4.78, 5) is 34.7. The lowest BCUT2D eigenvalue weighted by atomic mass is 10.2. The molecule has 0 aliphatic heterocycles. The second-order valence-electron chi connectivity index (χ2n) is 6.99. The number of nitro benzene ring substituents is 1. The number of carbonyl (C=O) groups is 2. The van der Waals surface area contributed by atoms with Gasteiger partial charge in [0.2, 0.25) is 0 Å². The minimum absolute atomic E-state index is 0.108. The third kappa shape index (κ3) is 7.62. The summed E-state index contributed by atoms with van der Waals surface area (Å²) in [7, 11) is 0. The summed E-state index contributed by atoms with van der Waals surface area (Å²) in [6.07, 6.45) is 1.39. The molecule has 0 saturated carbocycles. The smallest absolute Gasteiger partial charge is 0.343 e. The van der Waals surface area contributed by atoms with Crippen molar-refractivity contribution in [3.8, 4) is 17.2 Å². The van der Waals surface area contributed by atoms with Crippen LogP contribution in [0.1, 0.15) is 22.8 Å². The summed E-state index contributed by atoms with van der Waals surface area (Å²) in [6.45, 7) is 1.78. The van der Waals surface area contributed by atoms with Crippen molar-refractivity contribution < 1.29 is 28.7 Å². The molecule has 3 aromatic carbocycles. The molecule has 0 bridgehead atoms. The predicted molar refractivity (Wildman–Crippen MR) is 139 cm³/mol. The van der Waals surface area contributed by atoms with Crippen molar-refractivity contribution in [3.05, 3.63) is 90.9 Å². The van der Waals surface area contributed by atoms with Gasteiger partial charge in [0.15, 0.2) is 18.1 Å². The maximum absolute atomic E-state index is 12.4. The van der Waals surface area contributed by atoms with E-state index in [1.807, 2.05) is 0 Å². The SMILES string of the molecule is CCOc1cc(/C=N/NC(=O)COc2ccc([N+](=O)[O-])cc2Br)ccc1OC(=O)c1ccc(Br)cc1. The fourth-order valence-corrected chi connectivity index (χ4v) is 3.52. The molecule has 0 fully saturated rings. The van der Waals surface area contributed by atoms with Gasteiger partial charge in [0.05, 0.1) is 27.8 Å². The number of hydrogen-bond donors (Lipinski definition) is 1. The maximum atomic E-state index is 12.4. The van der Waals surface area contributed by atoms with E-state index in [9.17, 15) is 19.7 Å². The van der Waals surface area contributed by atoms with Crippen molar-refractivity contribution in [2.45, 2.75) is 6.92 Å². The molecule has 3 aromatic rings. The van der Waals surface area contributed by atoms with Crippen molar-refractivity contribution in [3.63, 3.8) is 0 Å². The summed E-state index contributed by atoms with van der Waals surface area (Å²) in [5, 5.41) is 14.7. The molecule has 0 atom stereocenters. The van der Waals surface area contributed by atoms with E-state index in [1.54, 1.807) is 49.4 Å². The van der Waals surface area contributed by atoms with Crippen LogP contribution in [0.15, 0.2) is 74.7 Å². The number of nitrogens with one attached hydrogen (secondary N) is 1. The summed E-state index contributed by atoms with van der Waals surface area (Å²) in [6, 6.07) is 15.5. The van der Waals surface area contributed by atoms with Gasteiger partial charge in [-0.25, -0.2) is 10.2 Å². The molecule has 1 amide bonds. The number of nitrogens with zero attached hydrogens (tertiary/aromatic N) is 2. The molecule has 1 N–H and O–H groups in total. The van der Waals surface area contributed by atoms with Gasteiger partial charge >= 0.3 is 5.97 Å². The van der Waals surface area contributed by atoms with Crippen LogP contribution < -0.4 is 19.6 Å². The van der Waals surface area contributed by atoms with Crippen LogP contribution in [0, 0.1) is 10.1 Å². The van der Waals surface area contributed by atoms with Crippen LogP contribution in [0.3, 0.4) is 0 Å². The monoisotopic (exact) mass is 619 g/mol. The average Bonchev–Trinajstić information content (AvgIpc) is 2.85. The van der Waals surface area contributed by atoms with E-state index in [0.717, 1.165) is 4.47 Å². The topological polar surface area (TPSA) is 129 Å². The number of rotatable bonds is 10. The normalized spacial score (nSPS) is 10.6. The quantitative estimate of drug-likeness (QED) is 0.107. The zero-order chi connectivity index (χ0) is 26.1. The summed E-state index contributed by atoms with van der Waals surface area (Å²) < 4.78 is 17.6. The van der Waals surface area contributed by atoms with Gasteiger partial charge in [-0.15, -0.1) is 0 Å². The van der Waals surface area contributed by atoms with Crippen LogP contribution >= 0.6 is 31.9 Å². The predicted octanol–water partition coefficient (Wildman–Crippen LogP) is 5.27. The van der Waals surface area contributed by atoms with E-state index in [1.165, 1.54) is 24.4 Å². The minimum atomic E-state index is -0.540. The van der Waals surface area contributed by atoms with Gasteiger partial charge in [-0.1, -0.05) is 15.9 Å². The molecule has 0 radical (unpaired) electrons. The van der Waals surface area contributed by atoms with Gasteiger partial charge in [0.25, 0.3) is 11.6 Å². The molecule has 3 rings (SSSR count). The summed E-state index contributed by atoms with van der Waals surface area (Å²) in [5.41, 5.74) is 3.19. The molecule has 10 nitrogen and oxygen atoms in total. The standard InChI is InChI=1S/C24H19Br2N3O7/c1-2-34-22-11-15(3-9-21(22)36-24(31)16-4-6-17(25)7-5-16)13-27-28-23(30)14-35-20-10-8-18(29(32)33)12-19(20)26/h3-13H,2,14H2,1H3,(H,28,30)/b27-13+. The molecule has 0 spiro atoms. The molecule has 0 aromatic heterocycles. The largest absolute Gasteiger partial charge is 0.490 e. The Kier molecular flexibility index (Phi) is 9.53. The van der Waals surface area contributed by atoms with Crippen molar-refractivity contribution in [1.82, 2.24) is 5.43 Å². The number of amides is 1.